The average molecular weight is 288 g/mol. The SMILES string of the molecule is CCNCc1cc(Cl)ccc1OCCOCCOC. The van der Waals surface area contributed by atoms with Crippen LogP contribution in [0.4, 0.5) is 0 Å². The summed E-state index contributed by atoms with van der Waals surface area (Å²) >= 11 is 5.99. The van der Waals surface area contributed by atoms with Gasteiger partial charge in [-0.05, 0) is 24.7 Å². The van der Waals surface area contributed by atoms with Crippen molar-refractivity contribution in [3.63, 3.8) is 0 Å². The third-order valence-corrected chi connectivity index (χ3v) is 2.74. The Morgan fingerprint density at radius 1 is 1.16 bits per heavy atom. The smallest absolute Gasteiger partial charge is 0.124 e. The summed E-state index contributed by atoms with van der Waals surface area (Å²) in [5.41, 5.74) is 1.06. The van der Waals surface area contributed by atoms with Crippen molar-refractivity contribution in [2.75, 3.05) is 40.1 Å². The normalized spacial score (nSPS) is 10.7. The van der Waals surface area contributed by atoms with E-state index in [1.54, 1.807) is 7.11 Å². The minimum Gasteiger partial charge on any atom is -0.491 e. The Bertz CT molecular complexity index is 361. The molecule has 0 amide bonds. The van der Waals surface area contributed by atoms with Gasteiger partial charge in [0.25, 0.3) is 0 Å². The molecule has 0 spiro atoms. The van der Waals surface area contributed by atoms with E-state index in [-0.39, 0.29) is 0 Å². The molecule has 1 N–H and O–H groups in total. The summed E-state index contributed by atoms with van der Waals surface area (Å²) in [5.74, 6) is 0.848. The summed E-state index contributed by atoms with van der Waals surface area (Å²) in [7, 11) is 1.65. The molecule has 0 aromatic heterocycles. The predicted molar refractivity (Wildman–Crippen MR) is 77.0 cm³/mol. The van der Waals surface area contributed by atoms with Gasteiger partial charge in [-0.25, -0.2) is 0 Å². The van der Waals surface area contributed by atoms with E-state index in [9.17, 15) is 0 Å². The van der Waals surface area contributed by atoms with Crippen LogP contribution in [0, 0.1) is 0 Å². The van der Waals surface area contributed by atoms with Gasteiger partial charge in [-0.15, -0.1) is 0 Å². The average Bonchev–Trinajstić information content (AvgIpc) is 2.42. The number of hydrogen-bond donors (Lipinski definition) is 1. The number of rotatable bonds is 10. The molecule has 0 heterocycles. The zero-order valence-electron chi connectivity index (χ0n) is 11.6. The van der Waals surface area contributed by atoms with Crippen LogP contribution in [0.2, 0.25) is 5.02 Å². The molecular formula is C14H22ClNO3. The second kappa shape index (κ2) is 10.0. The molecule has 0 unspecified atom stereocenters. The van der Waals surface area contributed by atoms with Crippen LogP contribution in [0.15, 0.2) is 18.2 Å². The van der Waals surface area contributed by atoms with Crippen LogP contribution in [0.3, 0.4) is 0 Å². The Balaban J connectivity index is 2.38. The van der Waals surface area contributed by atoms with Crippen LogP contribution in [0.5, 0.6) is 5.75 Å². The standard InChI is InChI=1S/C14H22ClNO3/c1-3-16-11-12-10-13(15)4-5-14(12)19-9-8-18-7-6-17-2/h4-5,10,16H,3,6-9,11H2,1-2H3. The lowest BCUT2D eigenvalue weighted by molar-refractivity contribution is 0.0542. The highest BCUT2D eigenvalue weighted by Crippen LogP contribution is 2.22. The Kier molecular flexibility index (Phi) is 8.58. The molecule has 1 aromatic rings. The summed E-state index contributed by atoms with van der Waals surface area (Å²) in [6.07, 6.45) is 0. The van der Waals surface area contributed by atoms with Crippen molar-refractivity contribution in [1.29, 1.82) is 0 Å². The zero-order valence-corrected chi connectivity index (χ0v) is 12.3. The van der Waals surface area contributed by atoms with E-state index in [0.29, 0.717) is 26.4 Å². The molecule has 0 fully saturated rings. The Labute approximate surface area is 120 Å². The first-order chi connectivity index (χ1) is 9.27. The number of methoxy groups -OCH3 is 1. The Morgan fingerprint density at radius 2 is 1.95 bits per heavy atom. The predicted octanol–water partition coefficient (Wildman–Crippen LogP) is 2.49. The molecule has 19 heavy (non-hydrogen) atoms. The minimum absolute atomic E-state index is 0.518. The van der Waals surface area contributed by atoms with Crippen molar-refractivity contribution in [3.05, 3.63) is 28.8 Å². The highest BCUT2D eigenvalue weighted by atomic mass is 35.5. The zero-order chi connectivity index (χ0) is 13.9. The molecule has 108 valence electrons. The maximum absolute atomic E-state index is 5.99. The Morgan fingerprint density at radius 3 is 2.68 bits per heavy atom. The molecule has 5 heteroatoms. The van der Waals surface area contributed by atoms with E-state index in [2.05, 4.69) is 12.2 Å². The molecule has 0 saturated carbocycles. The van der Waals surface area contributed by atoms with Gasteiger partial charge in [0.05, 0.1) is 19.8 Å². The fraction of sp³-hybridized carbons (Fsp3) is 0.571. The van der Waals surface area contributed by atoms with Crippen molar-refractivity contribution < 1.29 is 14.2 Å². The fourth-order valence-electron chi connectivity index (χ4n) is 1.54. The van der Waals surface area contributed by atoms with Gasteiger partial charge in [-0.1, -0.05) is 18.5 Å². The van der Waals surface area contributed by atoms with Gasteiger partial charge in [0.15, 0.2) is 0 Å². The van der Waals surface area contributed by atoms with Crippen LogP contribution in [-0.4, -0.2) is 40.1 Å². The number of ether oxygens (including phenoxy) is 3. The van der Waals surface area contributed by atoms with Crippen LogP contribution in [0.25, 0.3) is 0 Å². The monoisotopic (exact) mass is 287 g/mol. The van der Waals surface area contributed by atoms with Gasteiger partial charge < -0.3 is 19.5 Å². The third-order valence-electron chi connectivity index (χ3n) is 2.51. The topological polar surface area (TPSA) is 39.7 Å². The Hall–Kier alpha value is -0.810. The molecule has 0 saturated heterocycles. The molecule has 0 atom stereocenters. The summed E-state index contributed by atoms with van der Waals surface area (Å²) in [4.78, 5) is 0. The summed E-state index contributed by atoms with van der Waals surface area (Å²) in [5, 5.41) is 3.98. The molecule has 0 bridgehead atoms. The molecule has 0 aliphatic rings. The number of hydrogen-bond acceptors (Lipinski definition) is 4. The van der Waals surface area contributed by atoms with Crippen molar-refractivity contribution in [2.45, 2.75) is 13.5 Å². The summed E-state index contributed by atoms with van der Waals surface area (Å²) < 4.78 is 15.9. The van der Waals surface area contributed by atoms with Gasteiger partial charge in [0, 0.05) is 24.2 Å². The second-order valence-corrected chi connectivity index (χ2v) is 4.42. The van der Waals surface area contributed by atoms with Gasteiger partial charge in [-0.3, -0.25) is 0 Å². The quantitative estimate of drug-likeness (QED) is 0.671. The largest absolute Gasteiger partial charge is 0.491 e. The molecule has 1 rings (SSSR count). The molecule has 0 aliphatic heterocycles. The van der Waals surface area contributed by atoms with E-state index >= 15 is 0 Å². The third kappa shape index (κ3) is 6.78. The molecular weight excluding hydrogens is 266 g/mol. The lowest BCUT2D eigenvalue weighted by atomic mass is 10.2. The van der Waals surface area contributed by atoms with Gasteiger partial charge in [-0.2, -0.15) is 0 Å². The van der Waals surface area contributed by atoms with E-state index in [1.165, 1.54) is 0 Å². The van der Waals surface area contributed by atoms with E-state index in [4.69, 9.17) is 25.8 Å². The molecule has 0 aliphatic carbocycles. The van der Waals surface area contributed by atoms with E-state index < -0.39 is 0 Å². The van der Waals surface area contributed by atoms with Crippen LogP contribution >= 0.6 is 11.6 Å². The van der Waals surface area contributed by atoms with Gasteiger partial charge >= 0.3 is 0 Å². The highest BCUT2D eigenvalue weighted by molar-refractivity contribution is 6.30. The van der Waals surface area contributed by atoms with Gasteiger partial charge in [0.1, 0.15) is 12.4 Å². The number of halogens is 1. The van der Waals surface area contributed by atoms with E-state index in [1.807, 2.05) is 18.2 Å². The number of nitrogens with one attached hydrogen (secondary N) is 1. The first kappa shape index (κ1) is 16.2. The fourth-order valence-corrected chi connectivity index (χ4v) is 1.74. The van der Waals surface area contributed by atoms with Crippen molar-refractivity contribution in [1.82, 2.24) is 5.32 Å². The first-order valence-electron chi connectivity index (χ1n) is 6.46. The number of benzene rings is 1. The molecule has 0 radical (unpaired) electrons. The highest BCUT2D eigenvalue weighted by Gasteiger charge is 2.04. The van der Waals surface area contributed by atoms with Crippen LogP contribution in [-0.2, 0) is 16.0 Å². The second-order valence-electron chi connectivity index (χ2n) is 3.99. The lowest BCUT2D eigenvalue weighted by Gasteiger charge is -2.12. The van der Waals surface area contributed by atoms with Crippen molar-refractivity contribution in [2.24, 2.45) is 0 Å². The molecule has 1 aromatic carbocycles. The molecule has 4 nitrogen and oxygen atoms in total. The van der Waals surface area contributed by atoms with Crippen LogP contribution < -0.4 is 10.1 Å². The van der Waals surface area contributed by atoms with Crippen molar-refractivity contribution >= 4 is 11.6 Å². The summed E-state index contributed by atoms with van der Waals surface area (Å²) in [6, 6.07) is 5.65. The maximum atomic E-state index is 5.99. The van der Waals surface area contributed by atoms with Crippen molar-refractivity contribution in [3.8, 4) is 5.75 Å². The van der Waals surface area contributed by atoms with Gasteiger partial charge in [0.2, 0.25) is 0 Å². The lowest BCUT2D eigenvalue weighted by Crippen LogP contribution is -2.14. The van der Waals surface area contributed by atoms with Crippen LogP contribution in [0.1, 0.15) is 12.5 Å². The summed E-state index contributed by atoms with van der Waals surface area (Å²) in [6.45, 7) is 5.98. The first-order valence-corrected chi connectivity index (χ1v) is 6.84. The maximum Gasteiger partial charge on any atom is 0.124 e. The minimum atomic E-state index is 0.518. The van der Waals surface area contributed by atoms with E-state index in [0.717, 1.165) is 29.4 Å².